The number of aryl methyl sites for hydroxylation is 1. The Labute approximate surface area is 220 Å². The number of H-pyrrole nitrogens is 1. The first-order chi connectivity index (χ1) is 18.2. The number of fused-ring (bicyclic) bond motifs is 1. The standard InChI is InChI=1S/C29H29N3O6/c1-5-38-29(36)25-16(2)23(30-17(25)3)15-21-20-14-19(11-12-22(20)31-27(21)34)26(33)32-24(28(35)37-4)13-18-9-7-6-8-10-18/h6-12,14-15,24,30H,5,13H2,1-4H3,(H,31,34)(H,32,33). The molecule has 1 aliphatic rings. The second-order valence-electron chi connectivity index (χ2n) is 8.90. The van der Waals surface area contributed by atoms with Gasteiger partial charge in [-0.1, -0.05) is 30.3 Å². The Bertz CT molecular complexity index is 1440. The Balaban J connectivity index is 1.63. The van der Waals surface area contributed by atoms with E-state index in [2.05, 4.69) is 15.6 Å². The number of nitrogens with one attached hydrogen (secondary N) is 3. The summed E-state index contributed by atoms with van der Waals surface area (Å²) in [7, 11) is 1.27. The molecule has 2 amide bonds. The number of aromatic amines is 1. The van der Waals surface area contributed by atoms with Crippen LogP contribution in [-0.2, 0) is 25.5 Å². The number of hydrogen-bond donors (Lipinski definition) is 3. The Kier molecular flexibility index (Phi) is 7.76. The van der Waals surface area contributed by atoms with Gasteiger partial charge in [-0.2, -0.15) is 0 Å². The monoisotopic (exact) mass is 515 g/mol. The maximum atomic E-state index is 13.1. The summed E-state index contributed by atoms with van der Waals surface area (Å²) in [5.74, 6) is -1.81. The first kappa shape index (κ1) is 26.4. The average molecular weight is 516 g/mol. The van der Waals surface area contributed by atoms with Gasteiger partial charge < -0.3 is 25.1 Å². The number of anilines is 1. The number of hydrogen-bond acceptors (Lipinski definition) is 6. The van der Waals surface area contributed by atoms with Crippen LogP contribution < -0.4 is 10.6 Å². The van der Waals surface area contributed by atoms with E-state index in [1.54, 1.807) is 45.0 Å². The lowest BCUT2D eigenvalue weighted by Gasteiger charge is -2.17. The highest BCUT2D eigenvalue weighted by Crippen LogP contribution is 2.35. The average Bonchev–Trinajstić information content (AvgIpc) is 3.37. The lowest BCUT2D eigenvalue weighted by Crippen LogP contribution is -2.43. The largest absolute Gasteiger partial charge is 0.467 e. The van der Waals surface area contributed by atoms with Crippen LogP contribution in [0.3, 0.4) is 0 Å². The molecule has 0 bridgehead atoms. The fourth-order valence-electron chi connectivity index (χ4n) is 4.47. The zero-order valence-electron chi connectivity index (χ0n) is 21.6. The first-order valence-corrected chi connectivity index (χ1v) is 12.2. The molecule has 196 valence electrons. The van der Waals surface area contributed by atoms with Crippen LogP contribution in [0.2, 0.25) is 0 Å². The second-order valence-corrected chi connectivity index (χ2v) is 8.90. The Hall–Kier alpha value is -4.66. The molecule has 1 unspecified atom stereocenters. The summed E-state index contributed by atoms with van der Waals surface area (Å²) in [5, 5.41) is 5.55. The molecule has 0 spiro atoms. The van der Waals surface area contributed by atoms with Gasteiger partial charge in [-0.15, -0.1) is 0 Å². The van der Waals surface area contributed by atoms with E-state index in [-0.39, 0.29) is 24.5 Å². The van der Waals surface area contributed by atoms with Crippen LogP contribution in [0.1, 0.15) is 55.7 Å². The molecule has 0 aliphatic carbocycles. The van der Waals surface area contributed by atoms with Crippen molar-refractivity contribution in [1.29, 1.82) is 0 Å². The molecule has 2 heterocycles. The zero-order chi connectivity index (χ0) is 27.4. The molecule has 9 nitrogen and oxygen atoms in total. The number of benzene rings is 2. The molecule has 0 fully saturated rings. The number of amides is 2. The molecule has 0 radical (unpaired) electrons. The van der Waals surface area contributed by atoms with Gasteiger partial charge in [-0.25, -0.2) is 9.59 Å². The molecular formula is C29H29N3O6. The molecule has 1 aromatic heterocycles. The van der Waals surface area contributed by atoms with Gasteiger partial charge in [-0.3, -0.25) is 9.59 Å². The molecule has 3 N–H and O–H groups in total. The predicted molar refractivity (Wildman–Crippen MR) is 143 cm³/mol. The topological polar surface area (TPSA) is 127 Å². The van der Waals surface area contributed by atoms with E-state index in [0.717, 1.165) is 5.56 Å². The summed E-state index contributed by atoms with van der Waals surface area (Å²) in [6.07, 6.45) is 1.92. The fraction of sp³-hybridized carbons (Fsp3) is 0.241. The van der Waals surface area contributed by atoms with Gasteiger partial charge in [0.25, 0.3) is 11.8 Å². The summed E-state index contributed by atoms with van der Waals surface area (Å²) in [6, 6.07) is 13.2. The first-order valence-electron chi connectivity index (χ1n) is 12.2. The van der Waals surface area contributed by atoms with Crippen molar-refractivity contribution in [2.45, 2.75) is 33.2 Å². The normalized spacial score (nSPS) is 14.0. The van der Waals surface area contributed by atoms with E-state index in [0.29, 0.717) is 39.3 Å². The van der Waals surface area contributed by atoms with E-state index in [4.69, 9.17) is 9.47 Å². The van der Waals surface area contributed by atoms with Crippen LogP contribution >= 0.6 is 0 Å². The minimum atomic E-state index is -0.885. The highest BCUT2D eigenvalue weighted by molar-refractivity contribution is 6.35. The number of carbonyl (C=O) groups is 4. The van der Waals surface area contributed by atoms with Crippen molar-refractivity contribution >= 4 is 41.1 Å². The quantitative estimate of drug-likeness (QED) is 0.309. The molecule has 4 rings (SSSR count). The molecule has 1 atom stereocenters. The van der Waals surface area contributed by atoms with Crippen molar-refractivity contribution < 1.29 is 28.7 Å². The molecule has 3 aromatic rings. The molecule has 38 heavy (non-hydrogen) atoms. The third-order valence-electron chi connectivity index (χ3n) is 6.38. The summed E-state index contributed by atoms with van der Waals surface area (Å²) in [4.78, 5) is 53.9. The highest BCUT2D eigenvalue weighted by Gasteiger charge is 2.28. The molecule has 1 aliphatic heterocycles. The van der Waals surface area contributed by atoms with Crippen molar-refractivity contribution in [3.63, 3.8) is 0 Å². The summed E-state index contributed by atoms with van der Waals surface area (Å²) in [6.45, 7) is 5.53. The van der Waals surface area contributed by atoms with Gasteiger partial charge >= 0.3 is 11.9 Å². The minimum absolute atomic E-state index is 0.252. The number of rotatable bonds is 8. The SMILES string of the molecule is CCOC(=O)c1c(C)[nH]c(C=C2C(=O)Nc3ccc(C(=O)NC(Cc4ccccc4)C(=O)OC)cc32)c1C. The van der Waals surface area contributed by atoms with Gasteiger partial charge in [0.1, 0.15) is 6.04 Å². The molecule has 9 heteroatoms. The third-order valence-corrected chi connectivity index (χ3v) is 6.38. The molecular weight excluding hydrogens is 486 g/mol. The maximum absolute atomic E-state index is 13.1. The lowest BCUT2D eigenvalue weighted by atomic mass is 10.0. The third kappa shape index (κ3) is 5.36. The number of methoxy groups -OCH3 is 1. The summed E-state index contributed by atoms with van der Waals surface area (Å²) in [5.41, 5.74) is 4.88. The minimum Gasteiger partial charge on any atom is -0.467 e. The van der Waals surface area contributed by atoms with Crippen molar-refractivity contribution in [2.24, 2.45) is 0 Å². The van der Waals surface area contributed by atoms with Gasteiger partial charge in [0.15, 0.2) is 0 Å². The van der Waals surface area contributed by atoms with Gasteiger partial charge in [0.05, 0.1) is 24.9 Å². The van der Waals surface area contributed by atoms with Crippen LogP contribution in [0, 0.1) is 13.8 Å². The van der Waals surface area contributed by atoms with E-state index in [1.807, 2.05) is 30.3 Å². The van der Waals surface area contributed by atoms with Crippen molar-refractivity contribution in [3.05, 3.63) is 87.7 Å². The van der Waals surface area contributed by atoms with Crippen molar-refractivity contribution in [1.82, 2.24) is 10.3 Å². The fourth-order valence-corrected chi connectivity index (χ4v) is 4.47. The molecule has 0 saturated carbocycles. The Morgan fingerprint density at radius 1 is 1.08 bits per heavy atom. The Morgan fingerprint density at radius 3 is 2.50 bits per heavy atom. The smallest absolute Gasteiger partial charge is 0.340 e. The van der Waals surface area contributed by atoms with E-state index < -0.39 is 23.9 Å². The number of ether oxygens (including phenoxy) is 2. The molecule has 0 saturated heterocycles. The van der Waals surface area contributed by atoms with Gasteiger partial charge in [-0.05, 0) is 56.2 Å². The lowest BCUT2D eigenvalue weighted by molar-refractivity contribution is -0.142. The zero-order valence-corrected chi connectivity index (χ0v) is 21.6. The van der Waals surface area contributed by atoms with Crippen LogP contribution in [0.4, 0.5) is 5.69 Å². The van der Waals surface area contributed by atoms with E-state index >= 15 is 0 Å². The summed E-state index contributed by atoms with van der Waals surface area (Å²) >= 11 is 0. The van der Waals surface area contributed by atoms with E-state index in [1.165, 1.54) is 7.11 Å². The Morgan fingerprint density at radius 2 is 1.82 bits per heavy atom. The maximum Gasteiger partial charge on any atom is 0.340 e. The van der Waals surface area contributed by atoms with Gasteiger partial charge in [0.2, 0.25) is 0 Å². The molecule has 2 aromatic carbocycles. The van der Waals surface area contributed by atoms with E-state index in [9.17, 15) is 19.2 Å². The predicted octanol–water partition coefficient (Wildman–Crippen LogP) is 3.82. The number of esters is 2. The van der Waals surface area contributed by atoms with Crippen LogP contribution in [-0.4, -0.2) is 48.5 Å². The van der Waals surface area contributed by atoms with Crippen LogP contribution in [0.25, 0.3) is 11.6 Å². The summed E-state index contributed by atoms with van der Waals surface area (Å²) < 4.78 is 10.0. The van der Waals surface area contributed by atoms with Gasteiger partial charge in [0, 0.05) is 34.6 Å². The van der Waals surface area contributed by atoms with Crippen LogP contribution in [0.5, 0.6) is 0 Å². The number of aromatic nitrogens is 1. The number of carbonyl (C=O) groups excluding carboxylic acids is 4. The van der Waals surface area contributed by atoms with Crippen molar-refractivity contribution in [2.75, 3.05) is 19.0 Å². The van der Waals surface area contributed by atoms with Crippen molar-refractivity contribution in [3.8, 4) is 0 Å². The van der Waals surface area contributed by atoms with Crippen LogP contribution in [0.15, 0.2) is 48.5 Å². The second kappa shape index (κ2) is 11.2. The highest BCUT2D eigenvalue weighted by atomic mass is 16.5.